The van der Waals surface area contributed by atoms with Gasteiger partial charge >= 0.3 is 0 Å². The van der Waals surface area contributed by atoms with Crippen molar-refractivity contribution in [2.75, 3.05) is 0 Å². The van der Waals surface area contributed by atoms with E-state index in [0.29, 0.717) is 11.5 Å². The van der Waals surface area contributed by atoms with Crippen molar-refractivity contribution < 1.29 is 4.79 Å². The van der Waals surface area contributed by atoms with Crippen LogP contribution in [0.1, 0.15) is 55.8 Å². The van der Waals surface area contributed by atoms with E-state index in [1.807, 2.05) is 11.4 Å². The van der Waals surface area contributed by atoms with Crippen molar-refractivity contribution in [3.05, 3.63) is 19.9 Å². The van der Waals surface area contributed by atoms with Gasteiger partial charge in [-0.05, 0) is 97.3 Å². The van der Waals surface area contributed by atoms with Crippen LogP contribution in [0.25, 0.3) is 0 Å². The SMILES string of the molecule is CC(NC(=O)c1csc(I)c1)C12CC3CC(CC(C3)C1)C2. The van der Waals surface area contributed by atoms with E-state index in [4.69, 9.17) is 0 Å². The van der Waals surface area contributed by atoms with Crippen LogP contribution in [-0.2, 0) is 0 Å². The molecule has 1 aromatic rings. The van der Waals surface area contributed by atoms with Crippen LogP contribution in [0.2, 0.25) is 0 Å². The van der Waals surface area contributed by atoms with Crippen molar-refractivity contribution in [3.63, 3.8) is 0 Å². The first-order valence-corrected chi connectivity index (χ1v) is 10.0. The highest BCUT2D eigenvalue weighted by molar-refractivity contribution is 14.1. The van der Waals surface area contributed by atoms with E-state index in [1.54, 1.807) is 11.3 Å². The molecule has 1 N–H and O–H groups in total. The quantitative estimate of drug-likeness (QED) is 0.714. The van der Waals surface area contributed by atoms with E-state index >= 15 is 0 Å². The Balaban J connectivity index is 1.50. The molecule has 1 unspecified atom stereocenters. The second-order valence-electron chi connectivity index (χ2n) is 7.61. The number of rotatable bonds is 3. The Morgan fingerprint density at radius 2 is 1.86 bits per heavy atom. The first-order valence-electron chi connectivity index (χ1n) is 8.09. The van der Waals surface area contributed by atoms with Crippen LogP contribution < -0.4 is 5.32 Å². The molecule has 5 rings (SSSR count). The Hall–Kier alpha value is -0.100. The molecule has 1 heterocycles. The zero-order chi connectivity index (χ0) is 14.6. The third-order valence-corrected chi connectivity index (χ3v) is 7.97. The summed E-state index contributed by atoms with van der Waals surface area (Å²) in [4.78, 5) is 12.5. The van der Waals surface area contributed by atoms with Gasteiger partial charge in [-0.3, -0.25) is 4.79 Å². The molecule has 0 spiro atoms. The monoisotopic (exact) mass is 415 g/mol. The molecule has 0 aliphatic heterocycles. The molecule has 2 nitrogen and oxygen atoms in total. The molecule has 114 valence electrons. The Morgan fingerprint density at radius 3 is 2.33 bits per heavy atom. The normalized spacial score (nSPS) is 38.5. The van der Waals surface area contributed by atoms with Gasteiger partial charge in [-0.25, -0.2) is 0 Å². The topological polar surface area (TPSA) is 29.1 Å². The minimum absolute atomic E-state index is 0.123. The van der Waals surface area contributed by atoms with Gasteiger partial charge in [0.15, 0.2) is 0 Å². The van der Waals surface area contributed by atoms with Gasteiger partial charge in [0.1, 0.15) is 0 Å². The predicted octanol–water partition coefficient (Wildman–Crippen LogP) is 4.69. The summed E-state index contributed by atoms with van der Waals surface area (Å²) in [7, 11) is 0. The first kappa shape index (κ1) is 14.5. The van der Waals surface area contributed by atoms with Crippen LogP contribution in [0.4, 0.5) is 0 Å². The molecule has 4 saturated carbocycles. The number of halogens is 1. The second kappa shape index (κ2) is 5.22. The summed E-state index contributed by atoms with van der Waals surface area (Å²) in [6.45, 7) is 2.25. The maximum Gasteiger partial charge on any atom is 0.252 e. The fourth-order valence-corrected chi connectivity index (χ4v) is 6.90. The second-order valence-corrected chi connectivity index (χ2v) is 10.4. The van der Waals surface area contributed by atoms with Crippen molar-refractivity contribution in [3.8, 4) is 0 Å². The molecular formula is C17H22INOS. The van der Waals surface area contributed by atoms with Crippen LogP contribution in [0.5, 0.6) is 0 Å². The van der Waals surface area contributed by atoms with Crippen LogP contribution >= 0.6 is 33.9 Å². The van der Waals surface area contributed by atoms with Crippen molar-refractivity contribution >= 4 is 39.8 Å². The summed E-state index contributed by atoms with van der Waals surface area (Å²) in [5, 5.41) is 5.31. The van der Waals surface area contributed by atoms with Crippen molar-refractivity contribution in [2.24, 2.45) is 23.2 Å². The molecule has 1 amide bonds. The number of carbonyl (C=O) groups is 1. The summed E-state index contributed by atoms with van der Waals surface area (Å²) >= 11 is 3.92. The third kappa shape index (κ3) is 2.56. The Kier molecular flexibility index (Phi) is 3.60. The molecule has 0 saturated heterocycles. The molecule has 4 aliphatic rings. The lowest BCUT2D eigenvalue weighted by molar-refractivity contribution is -0.0687. The van der Waals surface area contributed by atoms with E-state index in [-0.39, 0.29) is 5.91 Å². The molecule has 1 aromatic heterocycles. The van der Waals surface area contributed by atoms with E-state index in [0.717, 1.165) is 23.3 Å². The minimum atomic E-state index is 0.123. The molecule has 4 bridgehead atoms. The van der Waals surface area contributed by atoms with Crippen LogP contribution in [0.15, 0.2) is 11.4 Å². The maximum atomic E-state index is 12.5. The summed E-state index contributed by atoms with van der Waals surface area (Å²) in [6, 6.07) is 2.31. The first-order chi connectivity index (χ1) is 10.0. The van der Waals surface area contributed by atoms with Crippen molar-refractivity contribution in [1.29, 1.82) is 0 Å². The number of carbonyl (C=O) groups excluding carboxylic acids is 1. The summed E-state index contributed by atoms with van der Waals surface area (Å²) in [5.74, 6) is 2.95. The molecular weight excluding hydrogens is 393 g/mol. The average molecular weight is 415 g/mol. The Bertz CT molecular complexity index is 532. The van der Waals surface area contributed by atoms with E-state index < -0.39 is 0 Å². The molecule has 1 atom stereocenters. The zero-order valence-corrected chi connectivity index (χ0v) is 15.4. The lowest BCUT2D eigenvalue weighted by atomic mass is 9.48. The molecule has 0 radical (unpaired) electrons. The highest BCUT2D eigenvalue weighted by Crippen LogP contribution is 2.61. The number of amides is 1. The van der Waals surface area contributed by atoms with Gasteiger partial charge in [-0.2, -0.15) is 0 Å². The molecule has 4 fully saturated rings. The Labute approximate surface area is 144 Å². The maximum absolute atomic E-state index is 12.5. The van der Waals surface area contributed by atoms with E-state index in [9.17, 15) is 4.79 Å². The van der Waals surface area contributed by atoms with Gasteiger partial charge in [-0.1, -0.05) is 0 Å². The van der Waals surface area contributed by atoms with Crippen molar-refractivity contribution in [1.82, 2.24) is 5.32 Å². The lowest BCUT2D eigenvalue weighted by Gasteiger charge is -2.59. The van der Waals surface area contributed by atoms with Crippen LogP contribution in [0.3, 0.4) is 0 Å². The Morgan fingerprint density at radius 1 is 1.29 bits per heavy atom. The van der Waals surface area contributed by atoms with Gasteiger partial charge in [0.2, 0.25) is 0 Å². The molecule has 0 aromatic carbocycles. The summed E-state index contributed by atoms with van der Waals surface area (Å²) in [5.41, 5.74) is 1.23. The highest BCUT2D eigenvalue weighted by Gasteiger charge is 2.53. The number of hydrogen-bond donors (Lipinski definition) is 1. The summed E-state index contributed by atoms with van der Waals surface area (Å²) in [6.07, 6.45) is 8.43. The smallest absolute Gasteiger partial charge is 0.252 e. The number of nitrogens with one attached hydrogen (secondary N) is 1. The molecule has 4 heteroatoms. The van der Waals surface area contributed by atoms with Crippen LogP contribution in [-0.4, -0.2) is 11.9 Å². The van der Waals surface area contributed by atoms with Gasteiger partial charge in [0, 0.05) is 11.4 Å². The fraction of sp³-hybridized carbons (Fsp3) is 0.706. The van der Waals surface area contributed by atoms with Crippen LogP contribution in [0, 0.1) is 26.1 Å². The predicted molar refractivity (Wildman–Crippen MR) is 94.6 cm³/mol. The highest BCUT2D eigenvalue weighted by atomic mass is 127. The average Bonchev–Trinajstić information content (AvgIpc) is 2.84. The minimum Gasteiger partial charge on any atom is -0.349 e. The van der Waals surface area contributed by atoms with Gasteiger partial charge in [0.25, 0.3) is 5.91 Å². The van der Waals surface area contributed by atoms with E-state index in [2.05, 4.69) is 34.8 Å². The summed E-state index contributed by atoms with van der Waals surface area (Å²) < 4.78 is 1.18. The largest absolute Gasteiger partial charge is 0.349 e. The third-order valence-electron chi connectivity index (χ3n) is 6.18. The molecule has 21 heavy (non-hydrogen) atoms. The number of thiophene rings is 1. The van der Waals surface area contributed by atoms with Gasteiger partial charge in [0.05, 0.1) is 8.45 Å². The zero-order valence-electron chi connectivity index (χ0n) is 12.4. The standard InChI is InChI=1S/C17H22INOS/c1-10(19-16(20)14-5-15(18)21-9-14)17-6-11-2-12(7-17)4-13(3-11)8-17/h5,9-13H,2-4,6-8H2,1H3,(H,19,20). The van der Waals surface area contributed by atoms with E-state index in [1.165, 1.54) is 41.4 Å². The van der Waals surface area contributed by atoms with Gasteiger partial charge in [-0.15, -0.1) is 11.3 Å². The number of hydrogen-bond acceptors (Lipinski definition) is 2. The fourth-order valence-electron chi connectivity index (χ4n) is 5.57. The molecule has 4 aliphatic carbocycles. The lowest BCUT2D eigenvalue weighted by Crippen LogP contribution is -2.55. The van der Waals surface area contributed by atoms with Crippen molar-refractivity contribution in [2.45, 2.75) is 51.5 Å². The van der Waals surface area contributed by atoms with Gasteiger partial charge < -0.3 is 5.32 Å².